The topological polar surface area (TPSA) is 21.3 Å². The molecule has 0 heterocycles. The van der Waals surface area contributed by atoms with Crippen LogP contribution in [0.3, 0.4) is 0 Å². The molecule has 1 N–H and O–H groups in total. The molecule has 0 amide bonds. The van der Waals surface area contributed by atoms with Gasteiger partial charge in [0.25, 0.3) is 0 Å². The first-order valence-corrected chi connectivity index (χ1v) is 7.18. The predicted molar refractivity (Wildman–Crippen MR) is 74.2 cm³/mol. The molecule has 1 aromatic carbocycles. The first kappa shape index (κ1) is 12.0. The fourth-order valence-electron chi connectivity index (χ4n) is 3.05. The minimum atomic E-state index is 0.600. The molecule has 2 unspecified atom stereocenters. The highest BCUT2D eigenvalue weighted by atomic mass is 16.5. The number of ether oxygens (including phenoxy) is 1. The summed E-state index contributed by atoms with van der Waals surface area (Å²) in [6.07, 6.45) is 5.33. The maximum absolute atomic E-state index is 5.35. The molecular weight excluding hydrogens is 222 g/mol. The van der Waals surface area contributed by atoms with E-state index in [1.807, 2.05) is 0 Å². The van der Waals surface area contributed by atoms with Crippen LogP contribution in [0.1, 0.15) is 43.2 Å². The van der Waals surface area contributed by atoms with E-state index in [4.69, 9.17) is 4.74 Å². The van der Waals surface area contributed by atoms with Crippen molar-refractivity contribution in [2.45, 2.75) is 44.6 Å². The molecule has 18 heavy (non-hydrogen) atoms. The van der Waals surface area contributed by atoms with E-state index in [0.717, 1.165) is 11.7 Å². The highest BCUT2D eigenvalue weighted by Crippen LogP contribution is 2.35. The molecule has 0 aromatic heterocycles. The van der Waals surface area contributed by atoms with Crippen LogP contribution in [0.25, 0.3) is 0 Å². The smallest absolute Gasteiger partial charge is 0.119 e. The van der Waals surface area contributed by atoms with Crippen molar-refractivity contribution in [1.29, 1.82) is 0 Å². The zero-order chi connectivity index (χ0) is 12.5. The number of aryl methyl sites for hydroxylation is 1. The monoisotopic (exact) mass is 245 g/mol. The highest BCUT2D eigenvalue weighted by molar-refractivity contribution is 5.40. The number of nitrogens with one attached hydrogen (secondary N) is 1. The van der Waals surface area contributed by atoms with E-state index in [9.17, 15) is 0 Å². The second kappa shape index (κ2) is 4.93. The molecule has 0 aliphatic heterocycles. The number of rotatable bonds is 4. The SMILES string of the molecule is COc1ccc2c(c1)C(C)C(NCC1CC1)CC2. The van der Waals surface area contributed by atoms with Gasteiger partial charge in [0, 0.05) is 6.04 Å². The van der Waals surface area contributed by atoms with Crippen molar-refractivity contribution in [1.82, 2.24) is 5.32 Å². The highest BCUT2D eigenvalue weighted by Gasteiger charge is 2.28. The van der Waals surface area contributed by atoms with Gasteiger partial charge in [-0.2, -0.15) is 0 Å². The van der Waals surface area contributed by atoms with Crippen molar-refractivity contribution in [2.75, 3.05) is 13.7 Å². The Labute approximate surface area is 110 Å². The van der Waals surface area contributed by atoms with Crippen LogP contribution in [0, 0.1) is 5.92 Å². The van der Waals surface area contributed by atoms with Crippen LogP contribution in [0.4, 0.5) is 0 Å². The van der Waals surface area contributed by atoms with E-state index in [1.165, 1.54) is 43.4 Å². The van der Waals surface area contributed by atoms with E-state index in [-0.39, 0.29) is 0 Å². The molecular formula is C16H23NO. The third kappa shape index (κ3) is 2.39. The lowest BCUT2D eigenvalue weighted by Gasteiger charge is -2.32. The lowest BCUT2D eigenvalue weighted by atomic mass is 9.80. The van der Waals surface area contributed by atoms with Gasteiger partial charge in [-0.1, -0.05) is 13.0 Å². The lowest BCUT2D eigenvalue weighted by molar-refractivity contribution is 0.389. The Morgan fingerprint density at radius 3 is 2.83 bits per heavy atom. The molecule has 0 bridgehead atoms. The van der Waals surface area contributed by atoms with Crippen molar-refractivity contribution in [3.63, 3.8) is 0 Å². The van der Waals surface area contributed by atoms with Crippen LogP contribution in [0.5, 0.6) is 5.75 Å². The summed E-state index contributed by atoms with van der Waals surface area (Å²) in [4.78, 5) is 0. The number of hydrogen-bond donors (Lipinski definition) is 1. The molecule has 0 saturated heterocycles. The first-order valence-electron chi connectivity index (χ1n) is 7.18. The van der Waals surface area contributed by atoms with Gasteiger partial charge in [-0.15, -0.1) is 0 Å². The van der Waals surface area contributed by atoms with Gasteiger partial charge in [0.05, 0.1) is 7.11 Å². The molecule has 0 radical (unpaired) electrons. The van der Waals surface area contributed by atoms with Gasteiger partial charge in [0.1, 0.15) is 5.75 Å². The summed E-state index contributed by atoms with van der Waals surface area (Å²) in [7, 11) is 1.75. The summed E-state index contributed by atoms with van der Waals surface area (Å²) in [6.45, 7) is 3.57. The third-order valence-corrected chi connectivity index (χ3v) is 4.54. The second-order valence-electron chi connectivity index (χ2n) is 5.85. The summed E-state index contributed by atoms with van der Waals surface area (Å²) in [5.41, 5.74) is 2.99. The van der Waals surface area contributed by atoms with Gasteiger partial charge < -0.3 is 10.1 Å². The average Bonchev–Trinajstić information content (AvgIpc) is 3.22. The van der Waals surface area contributed by atoms with E-state index in [0.29, 0.717) is 12.0 Å². The van der Waals surface area contributed by atoms with E-state index in [1.54, 1.807) is 7.11 Å². The molecule has 2 heteroatoms. The van der Waals surface area contributed by atoms with Crippen molar-refractivity contribution in [3.05, 3.63) is 29.3 Å². The first-order chi connectivity index (χ1) is 8.78. The van der Waals surface area contributed by atoms with Gasteiger partial charge >= 0.3 is 0 Å². The Balaban J connectivity index is 1.74. The Morgan fingerprint density at radius 2 is 2.11 bits per heavy atom. The predicted octanol–water partition coefficient (Wildman–Crippen LogP) is 3.11. The van der Waals surface area contributed by atoms with Crippen LogP contribution < -0.4 is 10.1 Å². The van der Waals surface area contributed by atoms with Crippen molar-refractivity contribution >= 4 is 0 Å². The standard InChI is InChI=1S/C16H23NO/c1-11-15-9-14(18-2)7-5-13(15)6-8-16(11)17-10-12-3-4-12/h5,7,9,11-12,16-17H,3-4,6,8,10H2,1-2H3. The fourth-order valence-corrected chi connectivity index (χ4v) is 3.05. The fraction of sp³-hybridized carbons (Fsp3) is 0.625. The maximum atomic E-state index is 5.35. The Kier molecular flexibility index (Phi) is 3.29. The summed E-state index contributed by atoms with van der Waals surface area (Å²) in [5.74, 6) is 2.55. The molecule has 2 aliphatic rings. The van der Waals surface area contributed by atoms with Crippen molar-refractivity contribution < 1.29 is 4.74 Å². The summed E-state index contributed by atoms with van der Waals surface area (Å²) in [6, 6.07) is 7.20. The van der Waals surface area contributed by atoms with Gasteiger partial charge in [0.15, 0.2) is 0 Å². The van der Waals surface area contributed by atoms with Crippen LogP contribution in [-0.2, 0) is 6.42 Å². The Morgan fingerprint density at radius 1 is 1.28 bits per heavy atom. The molecule has 2 aliphatic carbocycles. The Bertz CT molecular complexity index is 425. The van der Waals surface area contributed by atoms with Gasteiger partial charge in [-0.3, -0.25) is 0 Å². The number of fused-ring (bicyclic) bond motifs is 1. The molecule has 98 valence electrons. The summed E-state index contributed by atoms with van der Waals surface area (Å²) >= 11 is 0. The quantitative estimate of drug-likeness (QED) is 0.880. The molecule has 0 spiro atoms. The zero-order valence-corrected chi connectivity index (χ0v) is 11.4. The average molecular weight is 245 g/mol. The van der Waals surface area contributed by atoms with E-state index in [2.05, 4.69) is 30.4 Å². The molecule has 3 rings (SSSR count). The van der Waals surface area contributed by atoms with Gasteiger partial charge in [-0.25, -0.2) is 0 Å². The second-order valence-corrected chi connectivity index (χ2v) is 5.85. The van der Waals surface area contributed by atoms with Gasteiger partial charge in [-0.05, 0) is 67.3 Å². The largest absolute Gasteiger partial charge is 0.497 e. The van der Waals surface area contributed by atoms with E-state index >= 15 is 0 Å². The summed E-state index contributed by atoms with van der Waals surface area (Å²) < 4.78 is 5.35. The molecule has 1 saturated carbocycles. The normalized spacial score (nSPS) is 26.8. The molecule has 2 nitrogen and oxygen atoms in total. The third-order valence-electron chi connectivity index (χ3n) is 4.54. The van der Waals surface area contributed by atoms with Gasteiger partial charge in [0.2, 0.25) is 0 Å². The summed E-state index contributed by atoms with van der Waals surface area (Å²) in [5, 5.41) is 3.77. The number of benzene rings is 1. The zero-order valence-electron chi connectivity index (χ0n) is 11.4. The van der Waals surface area contributed by atoms with Crippen LogP contribution >= 0.6 is 0 Å². The van der Waals surface area contributed by atoms with Crippen LogP contribution in [0.2, 0.25) is 0 Å². The minimum Gasteiger partial charge on any atom is -0.497 e. The molecule has 1 aromatic rings. The number of methoxy groups -OCH3 is 1. The molecule has 2 atom stereocenters. The maximum Gasteiger partial charge on any atom is 0.119 e. The van der Waals surface area contributed by atoms with Crippen LogP contribution in [0.15, 0.2) is 18.2 Å². The van der Waals surface area contributed by atoms with E-state index < -0.39 is 0 Å². The van der Waals surface area contributed by atoms with Crippen LogP contribution in [-0.4, -0.2) is 19.7 Å². The minimum absolute atomic E-state index is 0.600. The van der Waals surface area contributed by atoms with Crippen molar-refractivity contribution in [2.24, 2.45) is 5.92 Å². The molecule has 1 fully saturated rings. The lowest BCUT2D eigenvalue weighted by Crippen LogP contribution is -2.38. The Hall–Kier alpha value is -1.02. The van der Waals surface area contributed by atoms with Crippen molar-refractivity contribution in [3.8, 4) is 5.75 Å². The number of hydrogen-bond acceptors (Lipinski definition) is 2.